The first kappa shape index (κ1) is 13.8. The van der Waals surface area contributed by atoms with Crippen LogP contribution in [0.25, 0.3) is 0 Å². The Hall–Kier alpha value is -2.20. The molecule has 21 heavy (non-hydrogen) atoms. The van der Waals surface area contributed by atoms with Crippen LogP contribution in [0.15, 0.2) is 36.4 Å². The highest BCUT2D eigenvalue weighted by molar-refractivity contribution is 5.44. The van der Waals surface area contributed by atoms with Gasteiger partial charge in [-0.2, -0.15) is 0 Å². The average Bonchev–Trinajstić information content (AvgIpc) is 2.53. The smallest absolute Gasteiger partial charge is 0.128 e. The van der Waals surface area contributed by atoms with E-state index in [9.17, 15) is 5.11 Å². The van der Waals surface area contributed by atoms with Gasteiger partial charge in [-0.25, -0.2) is 0 Å². The minimum Gasteiger partial charge on any atom is -0.508 e. The van der Waals surface area contributed by atoms with Gasteiger partial charge >= 0.3 is 0 Å². The molecule has 0 radical (unpaired) electrons. The lowest BCUT2D eigenvalue weighted by Crippen LogP contribution is -2.16. The summed E-state index contributed by atoms with van der Waals surface area (Å²) in [6.45, 7) is 0.490. The number of benzene rings is 2. The van der Waals surface area contributed by atoms with Crippen LogP contribution in [0.1, 0.15) is 22.8 Å². The van der Waals surface area contributed by atoms with E-state index in [-0.39, 0.29) is 11.9 Å². The third-order valence-electron chi connectivity index (χ3n) is 3.82. The number of phenolic OH excluding ortho intramolecular Hbond substituents is 1. The van der Waals surface area contributed by atoms with Crippen LogP contribution in [0.4, 0.5) is 0 Å². The third-order valence-corrected chi connectivity index (χ3v) is 3.82. The number of rotatable bonds is 3. The summed E-state index contributed by atoms with van der Waals surface area (Å²) in [4.78, 5) is 0. The second-order valence-electron chi connectivity index (χ2n) is 5.06. The van der Waals surface area contributed by atoms with Crippen molar-refractivity contribution in [3.63, 3.8) is 0 Å². The van der Waals surface area contributed by atoms with Gasteiger partial charge in [0.2, 0.25) is 0 Å². The molecule has 0 fully saturated rings. The zero-order chi connectivity index (χ0) is 14.8. The van der Waals surface area contributed by atoms with Crippen LogP contribution in [0.5, 0.6) is 17.2 Å². The molecule has 2 aromatic rings. The Labute approximate surface area is 123 Å². The molecule has 4 nitrogen and oxygen atoms in total. The zero-order valence-corrected chi connectivity index (χ0v) is 12.1. The molecule has 0 unspecified atom stereocenters. The summed E-state index contributed by atoms with van der Waals surface area (Å²) < 4.78 is 16.6. The normalized spacial score (nSPS) is 17.1. The Bertz CT molecular complexity index is 651. The summed E-state index contributed by atoms with van der Waals surface area (Å²) in [5.41, 5.74) is 3.25. The molecule has 1 aliphatic heterocycles. The zero-order valence-electron chi connectivity index (χ0n) is 12.1. The number of methoxy groups -OCH3 is 2. The Balaban J connectivity index is 1.90. The lowest BCUT2D eigenvalue weighted by atomic mass is 9.94. The molecule has 0 bridgehead atoms. The van der Waals surface area contributed by atoms with Crippen molar-refractivity contribution in [3.05, 3.63) is 53.1 Å². The summed E-state index contributed by atoms with van der Waals surface area (Å²) in [5, 5.41) is 9.52. The van der Waals surface area contributed by atoms with Gasteiger partial charge in [-0.3, -0.25) is 0 Å². The molecule has 2 aromatic carbocycles. The van der Waals surface area contributed by atoms with Crippen molar-refractivity contribution in [1.82, 2.24) is 0 Å². The molecule has 0 saturated heterocycles. The SMILES string of the molecule is COc1ccc([C@H]2Cc3ccc(O)cc3CO2)c(OC)c1. The minimum absolute atomic E-state index is 0.0529. The first-order valence-electron chi connectivity index (χ1n) is 6.85. The summed E-state index contributed by atoms with van der Waals surface area (Å²) >= 11 is 0. The Morgan fingerprint density at radius 3 is 2.67 bits per heavy atom. The van der Waals surface area contributed by atoms with Gasteiger partial charge in [0.1, 0.15) is 17.2 Å². The molecular formula is C17H18O4. The number of hydrogen-bond donors (Lipinski definition) is 1. The van der Waals surface area contributed by atoms with E-state index >= 15 is 0 Å². The molecule has 3 rings (SSSR count). The fraction of sp³-hybridized carbons (Fsp3) is 0.294. The maximum Gasteiger partial charge on any atom is 0.128 e. The van der Waals surface area contributed by atoms with E-state index in [1.165, 1.54) is 5.56 Å². The number of hydrogen-bond acceptors (Lipinski definition) is 4. The van der Waals surface area contributed by atoms with E-state index < -0.39 is 0 Å². The number of phenols is 1. The highest BCUT2D eigenvalue weighted by Gasteiger charge is 2.24. The van der Waals surface area contributed by atoms with Crippen molar-refractivity contribution >= 4 is 0 Å². The van der Waals surface area contributed by atoms with Crippen molar-refractivity contribution in [3.8, 4) is 17.2 Å². The molecule has 0 spiro atoms. The first-order chi connectivity index (χ1) is 10.2. The van der Waals surface area contributed by atoms with Gasteiger partial charge in [-0.05, 0) is 35.4 Å². The number of ether oxygens (including phenoxy) is 3. The predicted octanol–water partition coefficient (Wildman–Crippen LogP) is 3.22. The van der Waals surface area contributed by atoms with E-state index in [2.05, 4.69) is 0 Å². The molecule has 0 amide bonds. The van der Waals surface area contributed by atoms with Crippen molar-refractivity contribution < 1.29 is 19.3 Å². The second kappa shape index (κ2) is 5.66. The minimum atomic E-state index is -0.0529. The highest BCUT2D eigenvalue weighted by Crippen LogP contribution is 2.37. The van der Waals surface area contributed by atoms with Gasteiger partial charge in [0.25, 0.3) is 0 Å². The second-order valence-corrected chi connectivity index (χ2v) is 5.06. The maximum absolute atomic E-state index is 9.52. The van der Waals surface area contributed by atoms with E-state index in [1.807, 2.05) is 24.3 Å². The van der Waals surface area contributed by atoms with E-state index in [0.717, 1.165) is 29.0 Å². The van der Waals surface area contributed by atoms with Crippen LogP contribution in [0, 0.1) is 0 Å². The summed E-state index contributed by atoms with van der Waals surface area (Å²) in [6, 6.07) is 11.2. The van der Waals surface area contributed by atoms with Gasteiger partial charge in [-0.15, -0.1) is 0 Å². The first-order valence-corrected chi connectivity index (χ1v) is 6.85. The third kappa shape index (κ3) is 2.67. The molecule has 110 valence electrons. The number of aromatic hydroxyl groups is 1. The topological polar surface area (TPSA) is 47.9 Å². The van der Waals surface area contributed by atoms with Crippen LogP contribution in [0.3, 0.4) is 0 Å². The van der Waals surface area contributed by atoms with Crippen molar-refractivity contribution in [1.29, 1.82) is 0 Å². The molecule has 1 heterocycles. The lowest BCUT2D eigenvalue weighted by molar-refractivity contribution is 0.0258. The Morgan fingerprint density at radius 2 is 1.90 bits per heavy atom. The summed E-state index contributed by atoms with van der Waals surface area (Å²) in [5.74, 6) is 1.80. The van der Waals surface area contributed by atoms with Crippen molar-refractivity contribution in [2.24, 2.45) is 0 Å². The summed E-state index contributed by atoms with van der Waals surface area (Å²) in [7, 11) is 3.28. The molecule has 1 atom stereocenters. The van der Waals surface area contributed by atoms with Crippen LogP contribution in [0.2, 0.25) is 0 Å². The van der Waals surface area contributed by atoms with Gasteiger partial charge in [-0.1, -0.05) is 6.07 Å². The van der Waals surface area contributed by atoms with E-state index in [1.54, 1.807) is 26.4 Å². The quantitative estimate of drug-likeness (QED) is 0.941. The van der Waals surface area contributed by atoms with E-state index in [0.29, 0.717) is 6.61 Å². The average molecular weight is 286 g/mol. The molecule has 0 aliphatic carbocycles. The van der Waals surface area contributed by atoms with Gasteiger partial charge in [0.05, 0.1) is 26.9 Å². The fourth-order valence-electron chi connectivity index (χ4n) is 2.68. The van der Waals surface area contributed by atoms with E-state index in [4.69, 9.17) is 14.2 Å². The Kier molecular flexibility index (Phi) is 3.71. The van der Waals surface area contributed by atoms with Gasteiger partial charge < -0.3 is 19.3 Å². The molecular weight excluding hydrogens is 268 g/mol. The van der Waals surface area contributed by atoms with Crippen molar-refractivity contribution in [2.45, 2.75) is 19.1 Å². The van der Waals surface area contributed by atoms with Crippen LogP contribution < -0.4 is 9.47 Å². The molecule has 0 aromatic heterocycles. The summed E-state index contributed by atoms with van der Waals surface area (Å²) in [6.07, 6.45) is 0.709. The Morgan fingerprint density at radius 1 is 1.05 bits per heavy atom. The van der Waals surface area contributed by atoms with Gasteiger partial charge in [0, 0.05) is 18.1 Å². The van der Waals surface area contributed by atoms with Crippen LogP contribution in [-0.2, 0) is 17.8 Å². The molecule has 0 saturated carbocycles. The van der Waals surface area contributed by atoms with Crippen LogP contribution in [-0.4, -0.2) is 19.3 Å². The largest absolute Gasteiger partial charge is 0.508 e. The predicted molar refractivity (Wildman–Crippen MR) is 78.9 cm³/mol. The van der Waals surface area contributed by atoms with Gasteiger partial charge in [0.15, 0.2) is 0 Å². The maximum atomic E-state index is 9.52. The fourth-order valence-corrected chi connectivity index (χ4v) is 2.68. The molecule has 1 N–H and O–H groups in total. The monoisotopic (exact) mass is 286 g/mol. The van der Waals surface area contributed by atoms with Crippen molar-refractivity contribution in [2.75, 3.05) is 14.2 Å². The lowest BCUT2D eigenvalue weighted by Gasteiger charge is -2.27. The molecule has 1 aliphatic rings. The van der Waals surface area contributed by atoms with Crippen LogP contribution >= 0.6 is 0 Å². The highest BCUT2D eigenvalue weighted by atomic mass is 16.5. The molecule has 4 heteroatoms. The number of fused-ring (bicyclic) bond motifs is 1. The standard InChI is InChI=1S/C17H18O4/c1-19-14-5-6-15(16(9-14)20-2)17-8-11-3-4-13(18)7-12(11)10-21-17/h3-7,9,17-18H,8,10H2,1-2H3/t17-/m1/s1.